The van der Waals surface area contributed by atoms with E-state index in [0.717, 1.165) is 135 Å². The fourth-order valence-electron chi connectivity index (χ4n) is 14.5. The first-order chi connectivity index (χ1) is 44.2. The second-order valence-electron chi connectivity index (χ2n) is 25.7. The Kier molecular flexibility index (Phi) is 16.6. The van der Waals surface area contributed by atoms with Crippen LogP contribution in [0.2, 0.25) is 0 Å². The van der Waals surface area contributed by atoms with Crippen LogP contribution >= 0.6 is 0 Å². The highest BCUT2D eigenvalue weighted by Gasteiger charge is 2.43. The van der Waals surface area contributed by atoms with Crippen LogP contribution in [0, 0.1) is 22.7 Å². The number of ether oxygens (including phenoxy) is 4. The number of aliphatic imine (C=N–C) groups is 4. The molecule has 4 aliphatic heterocycles. The van der Waals surface area contributed by atoms with E-state index in [-0.39, 0.29) is 28.0 Å². The number of nitriles is 2. The number of anilines is 1. The normalized spacial score (nSPS) is 22.5. The summed E-state index contributed by atoms with van der Waals surface area (Å²) < 4.78 is 22.6. The summed E-state index contributed by atoms with van der Waals surface area (Å²) in [5.74, 6) is 4.17. The molecule has 15 heteroatoms. The van der Waals surface area contributed by atoms with E-state index in [1.165, 1.54) is 66.8 Å². The second-order valence-corrected chi connectivity index (χ2v) is 25.7. The second kappa shape index (κ2) is 25.2. The van der Waals surface area contributed by atoms with E-state index in [4.69, 9.17) is 49.4 Å². The maximum Gasteiger partial charge on any atom is 0.232 e. The third-order valence-corrected chi connectivity index (χ3v) is 19.1. The molecule has 8 aliphatic rings. The van der Waals surface area contributed by atoms with Crippen molar-refractivity contribution in [1.29, 1.82) is 10.5 Å². The van der Waals surface area contributed by atoms with Crippen molar-refractivity contribution < 1.29 is 18.9 Å². The van der Waals surface area contributed by atoms with Gasteiger partial charge in [-0.15, -0.1) is 0 Å². The quantitative estimate of drug-likeness (QED) is 0.159. The molecule has 4 unspecified atom stereocenters. The van der Waals surface area contributed by atoms with Crippen LogP contribution in [-0.4, -0.2) is 106 Å². The molecule has 91 heavy (non-hydrogen) atoms. The van der Waals surface area contributed by atoms with Crippen molar-refractivity contribution in [3.63, 3.8) is 0 Å². The van der Waals surface area contributed by atoms with E-state index < -0.39 is 0 Å². The Hall–Kier alpha value is -9.86. The molecular weight excluding hydrogens is 1130 g/mol. The number of fused-ring (bicyclic) bond motifs is 4. The number of benzene rings is 6. The highest BCUT2D eigenvalue weighted by atomic mass is 16.5. The number of nitrogens with zero attached hydrogens (tertiary/aromatic N) is 11. The Morgan fingerprint density at radius 2 is 0.725 bits per heavy atom. The molecule has 6 heterocycles. The van der Waals surface area contributed by atoms with Gasteiger partial charge in [-0.3, -0.25) is 0 Å². The lowest BCUT2D eigenvalue weighted by atomic mass is 9.76. The smallest absolute Gasteiger partial charge is 0.232 e. The van der Waals surface area contributed by atoms with Crippen molar-refractivity contribution in [2.45, 2.75) is 127 Å². The lowest BCUT2D eigenvalue weighted by Crippen LogP contribution is -2.35. The molecule has 16 rings (SSSR count). The van der Waals surface area contributed by atoms with Gasteiger partial charge in [0, 0.05) is 103 Å². The summed E-state index contributed by atoms with van der Waals surface area (Å²) in [7, 11) is 3.90. The number of aromatic nitrogens is 4. The van der Waals surface area contributed by atoms with Gasteiger partial charge in [0.15, 0.2) is 23.6 Å². The summed E-state index contributed by atoms with van der Waals surface area (Å²) in [6.45, 7) is 10.6. The van der Waals surface area contributed by atoms with Gasteiger partial charge in [-0.25, -0.2) is 39.9 Å². The molecule has 0 N–H and O–H groups in total. The molecular formula is C76H75N11O4. The van der Waals surface area contributed by atoms with Gasteiger partial charge in [-0.2, -0.15) is 10.5 Å². The van der Waals surface area contributed by atoms with Crippen LogP contribution in [0.1, 0.15) is 109 Å². The third kappa shape index (κ3) is 12.7. The molecule has 6 aromatic carbocycles. The van der Waals surface area contributed by atoms with Gasteiger partial charge >= 0.3 is 0 Å². The maximum atomic E-state index is 9.16. The largest absolute Gasteiger partial charge is 0.479 e. The molecule has 8 aromatic rings. The molecule has 15 nitrogen and oxygen atoms in total. The predicted molar refractivity (Wildman–Crippen MR) is 358 cm³/mol. The van der Waals surface area contributed by atoms with Gasteiger partial charge in [0.05, 0.1) is 11.6 Å². The van der Waals surface area contributed by atoms with Crippen molar-refractivity contribution in [3.05, 3.63) is 208 Å². The Morgan fingerprint density at radius 1 is 0.385 bits per heavy atom. The van der Waals surface area contributed by atoms with Gasteiger partial charge in [0.2, 0.25) is 11.8 Å². The molecule has 4 spiro atoms. The summed E-state index contributed by atoms with van der Waals surface area (Å²) in [6.07, 6.45) is 19.3. The predicted octanol–water partition coefficient (Wildman–Crippen LogP) is 13.5. The fraction of sp³-hybridized carbons (Fsp3) is 0.342. The van der Waals surface area contributed by atoms with E-state index >= 15 is 0 Å². The van der Waals surface area contributed by atoms with Crippen LogP contribution in [0.15, 0.2) is 172 Å². The molecule has 4 atom stereocenters. The summed E-state index contributed by atoms with van der Waals surface area (Å²) in [4.78, 5) is 38.2. The van der Waals surface area contributed by atoms with Crippen LogP contribution in [0.25, 0.3) is 44.5 Å². The zero-order valence-corrected chi connectivity index (χ0v) is 52.8. The molecule has 2 aromatic heterocycles. The summed E-state index contributed by atoms with van der Waals surface area (Å²) in [5, 5.41) is 18.0. The van der Waals surface area contributed by atoms with Crippen LogP contribution in [0.5, 0.6) is 0 Å². The highest BCUT2D eigenvalue weighted by molar-refractivity contribution is 5.79. The lowest BCUT2D eigenvalue weighted by Gasteiger charge is -2.32. The van der Waals surface area contributed by atoms with E-state index in [1.807, 2.05) is 83.4 Å². The molecule has 4 aliphatic carbocycles. The zero-order chi connectivity index (χ0) is 62.7. The Labute approximate surface area is 533 Å². The number of hydrogen-bond acceptors (Lipinski definition) is 15. The average Bonchev–Trinajstić information content (AvgIpc) is 1.82. The van der Waals surface area contributed by atoms with Crippen molar-refractivity contribution >= 4 is 29.5 Å². The summed E-state index contributed by atoms with van der Waals surface area (Å²) >= 11 is 0. The van der Waals surface area contributed by atoms with Gasteiger partial charge in [-0.05, 0) is 141 Å². The van der Waals surface area contributed by atoms with Crippen molar-refractivity contribution in [2.24, 2.45) is 20.0 Å². The van der Waals surface area contributed by atoms with Crippen molar-refractivity contribution in [2.75, 3.05) is 45.4 Å². The number of rotatable bonds is 5. The Morgan fingerprint density at radius 3 is 1.07 bits per heavy atom. The van der Waals surface area contributed by atoms with E-state index in [0.29, 0.717) is 25.4 Å². The van der Waals surface area contributed by atoms with Gasteiger partial charge in [0.25, 0.3) is 0 Å². The van der Waals surface area contributed by atoms with Crippen LogP contribution in [-0.2, 0) is 70.3 Å². The third-order valence-electron chi connectivity index (χ3n) is 19.1. The van der Waals surface area contributed by atoms with Gasteiger partial charge in [0.1, 0.15) is 54.7 Å². The maximum absolute atomic E-state index is 9.16. The SMILES string of the molecule is CC1=NC2(CCc3cccc(-c4cccc(C#N)c4)c3C2)CO1.CC1=NC2(CCc3cccc(-c4ccccc4)c3C2)CO1.CC1=NC2(CCc3cccc(-c4cnc(C#N)nc4)c3C2)CO1.CC1=NC2(CCc3cccc(-c4cnc(N(C)C)nc4)c3C2)CO1. The molecule has 0 bridgehead atoms. The van der Waals surface area contributed by atoms with Gasteiger partial charge in [-0.1, -0.05) is 115 Å². The van der Waals surface area contributed by atoms with Crippen molar-refractivity contribution in [1.82, 2.24) is 19.9 Å². The molecule has 0 fully saturated rings. The molecule has 0 saturated heterocycles. The minimum atomic E-state index is -0.124. The summed E-state index contributed by atoms with van der Waals surface area (Å²) in [5.41, 5.74) is 20.8. The monoisotopic (exact) mass is 1210 g/mol. The molecule has 0 amide bonds. The Bertz CT molecular complexity index is 4280. The minimum Gasteiger partial charge on any atom is -0.479 e. The Balaban J connectivity index is 0.000000111. The standard InChI is InChI=1S/C20H18N2O.C19H22N4O.C19H19NO.C18H16N4O/c1-14-22-20(13-23-14)9-8-16-5-3-7-18(19(16)11-20)17-6-2-4-15(10-17)12-21;1-13-22-19(12-24-13)8-7-14-5-4-6-16(17(14)9-19)15-10-20-18(21-11-15)23(2)3;1-14-20-19(13-21-14)11-10-16-8-5-9-17(18(16)12-19)15-6-3-2-4-7-15;1-12-22-18(11-23-12)6-5-13-3-2-4-15(16(13)7-18)14-9-20-17(8-19)21-10-14/h2-7,10H,8-9,11,13H2,1H3;4-6,10-11H,7-9,12H2,1-3H3;2-9H,10-13H2,1H3;2-4,9-10H,5-7,11H2,1H3. The number of aryl methyl sites for hydroxylation is 4. The first kappa shape index (κ1) is 60.1. The molecule has 0 saturated carbocycles. The lowest BCUT2D eigenvalue weighted by molar-refractivity contribution is 0.236. The summed E-state index contributed by atoms with van der Waals surface area (Å²) in [6, 6.07) is 48.7. The van der Waals surface area contributed by atoms with E-state index in [1.54, 1.807) is 12.4 Å². The van der Waals surface area contributed by atoms with Gasteiger partial charge < -0.3 is 23.8 Å². The first-order valence-corrected chi connectivity index (χ1v) is 31.7. The molecule has 458 valence electrons. The zero-order valence-electron chi connectivity index (χ0n) is 52.8. The first-order valence-electron chi connectivity index (χ1n) is 31.7. The fourth-order valence-corrected chi connectivity index (χ4v) is 14.5. The number of hydrogen-bond donors (Lipinski definition) is 0. The van der Waals surface area contributed by atoms with Crippen molar-refractivity contribution in [3.8, 4) is 56.6 Å². The highest BCUT2D eigenvalue weighted by Crippen LogP contribution is 2.44. The minimum absolute atomic E-state index is 0.0258. The van der Waals surface area contributed by atoms with Crippen LogP contribution in [0.4, 0.5) is 5.95 Å². The average molecular weight is 1210 g/mol. The topological polar surface area (TPSA) is 189 Å². The van der Waals surface area contributed by atoms with E-state index in [9.17, 15) is 0 Å². The van der Waals surface area contributed by atoms with Crippen LogP contribution < -0.4 is 4.90 Å². The van der Waals surface area contributed by atoms with Crippen LogP contribution in [0.3, 0.4) is 0 Å². The molecule has 0 radical (unpaired) electrons. The van der Waals surface area contributed by atoms with E-state index in [2.05, 4.69) is 135 Å².